The molecule has 9 heteroatoms. The fourth-order valence-corrected chi connectivity index (χ4v) is 4.96. The van der Waals surface area contributed by atoms with Gasteiger partial charge in [0.2, 0.25) is 0 Å². The van der Waals surface area contributed by atoms with Crippen molar-refractivity contribution in [1.29, 1.82) is 0 Å². The highest BCUT2D eigenvalue weighted by atomic mass is 35.5. The Hall–Kier alpha value is -3.13. The Morgan fingerprint density at radius 1 is 0.971 bits per heavy atom. The molecule has 2 N–H and O–H groups in total. The van der Waals surface area contributed by atoms with Gasteiger partial charge in [0.1, 0.15) is 5.82 Å². The molecule has 0 aliphatic heterocycles. The number of aromatic amines is 1. The Morgan fingerprint density at radius 2 is 1.71 bits per heavy atom. The summed E-state index contributed by atoms with van der Waals surface area (Å²) in [7, 11) is -3.50. The van der Waals surface area contributed by atoms with E-state index in [1.165, 1.54) is 18.2 Å². The highest BCUT2D eigenvalue weighted by Gasteiger charge is 2.22. The van der Waals surface area contributed by atoms with Crippen LogP contribution in [0.2, 0.25) is 10.0 Å². The summed E-state index contributed by atoms with van der Waals surface area (Å²) in [6.07, 6.45) is 1.72. The zero-order valence-electron chi connectivity index (χ0n) is 18.3. The molecule has 1 heterocycles. The molecule has 0 saturated carbocycles. The molecule has 0 atom stereocenters. The van der Waals surface area contributed by atoms with Gasteiger partial charge < -0.3 is 10.3 Å². The van der Waals surface area contributed by atoms with Crippen LogP contribution in [0, 0.1) is 0 Å². The van der Waals surface area contributed by atoms with Crippen molar-refractivity contribution in [2.24, 2.45) is 0 Å². The molecule has 1 aromatic heterocycles. The molecule has 0 fully saturated rings. The standard InChI is InChI=1S/C25H21Cl2N3O3S/c1-15(2)34(32,33)18-9-10-19(22(27)13-18)25(31)29-17-8-11-21(26)20(12-17)24-28-14-23(30-24)16-6-4-3-5-7-16/h3-15H,1-2H3,(H,28,30)(H,29,31). The minimum Gasteiger partial charge on any atom is -0.338 e. The molecule has 0 bridgehead atoms. The monoisotopic (exact) mass is 513 g/mol. The summed E-state index contributed by atoms with van der Waals surface area (Å²) in [6, 6.07) is 18.9. The number of imidazole rings is 1. The molecular formula is C25H21Cl2N3O3S. The average molecular weight is 514 g/mol. The fourth-order valence-electron chi connectivity index (χ4n) is 3.33. The molecule has 3 aromatic carbocycles. The molecular weight excluding hydrogens is 493 g/mol. The van der Waals surface area contributed by atoms with Gasteiger partial charge in [-0.1, -0.05) is 53.5 Å². The third kappa shape index (κ3) is 4.87. The number of H-pyrrole nitrogens is 1. The Balaban J connectivity index is 1.59. The van der Waals surface area contributed by atoms with Crippen LogP contribution in [0.5, 0.6) is 0 Å². The number of aromatic nitrogens is 2. The highest BCUT2D eigenvalue weighted by Crippen LogP contribution is 2.31. The first-order valence-electron chi connectivity index (χ1n) is 10.4. The van der Waals surface area contributed by atoms with Crippen LogP contribution in [-0.4, -0.2) is 29.5 Å². The number of carbonyl (C=O) groups excluding carboxylic acids is 1. The van der Waals surface area contributed by atoms with Crippen LogP contribution in [-0.2, 0) is 9.84 Å². The molecule has 6 nitrogen and oxygen atoms in total. The second-order valence-corrected chi connectivity index (χ2v) is 11.2. The molecule has 0 spiro atoms. The fraction of sp³-hybridized carbons (Fsp3) is 0.120. The van der Waals surface area contributed by atoms with Gasteiger partial charge in [-0.05, 0) is 55.8 Å². The van der Waals surface area contributed by atoms with Crippen molar-refractivity contribution < 1.29 is 13.2 Å². The molecule has 0 aliphatic carbocycles. The average Bonchev–Trinajstić information content (AvgIpc) is 3.30. The molecule has 0 saturated heterocycles. The van der Waals surface area contributed by atoms with E-state index in [-0.39, 0.29) is 15.5 Å². The zero-order chi connectivity index (χ0) is 24.5. The topological polar surface area (TPSA) is 91.9 Å². The molecule has 4 aromatic rings. The molecule has 0 radical (unpaired) electrons. The number of amides is 1. The first kappa shape index (κ1) is 24.0. The number of benzene rings is 3. The van der Waals surface area contributed by atoms with Gasteiger partial charge >= 0.3 is 0 Å². The van der Waals surface area contributed by atoms with E-state index in [1.54, 1.807) is 38.2 Å². The normalized spacial score (nSPS) is 11.6. The Morgan fingerprint density at radius 3 is 2.38 bits per heavy atom. The summed E-state index contributed by atoms with van der Waals surface area (Å²) in [5, 5.41) is 2.70. The minimum atomic E-state index is -3.50. The van der Waals surface area contributed by atoms with Crippen LogP contribution in [0.1, 0.15) is 24.2 Å². The number of rotatable bonds is 6. The predicted octanol–water partition coefficient (Wildman–Crippen LogP) is 6.48. The summed E-state index contributed by atoms with van der Waals surface area (Å²) >= 11 is 12.7. The Labute approximate surface area is 207 Å². The van der Waals surface area contributed by atoms with Crippen LogP contribution >= 0.6 is 23.2 Å². The van der Waals surface area contributed by atoms with Crippen LogP contribution in [0.25, 0.3) is 22.6 Å². The second-order valence-electron chi connectivity index (χ2n) is 7.90. The van der Waals surface area contributed by atoms with E-state index in [0.29, 0.717) is 22.1 Å². The van der Waals surface area contributed by atoms with Crippen molar-refractivity contribution in [2.75, 3.05) is 5.32 Å². The van der Waals surface area contributed by atoms with Gasteiger partial charge in [-0.3, -0.25) is 4.79 Å². The number of carbonyl (C=O) groups is 1. The van der Waals surface area contributed by atoms with E-state index in [1.807, 2.05) is 30.3 Å². The second kappa shape index (κ2) is 9.62. The van der Waals surface area contributed by atoms with Crippen molar-refractivity contribution in [2.45, 2.75) is 24.0 Å². The highest BCUT2D eigenvalue weighted by molar-refractivity contribution is 7.92. The lowest BCUT2D eigenvalue weighted by atomic mass is 10.1. The minimum absolute atomic E-state index is 0.0481. The lowest BCUT2D eigenvalue weighted by Gasteiger charge is -2.12. The molecule has 174 valence electrons. The van der Waals surface area contributed by atoms with Gasteiger partial charge in [-0.2, -0.15) is 0 Å². The number of hydrogen-bond donors (Lipinski definition) is 2. The van der Waals surface area contributed by atoms with E-state index in [0.717, 1.165) is 11.3 Å². The van der Waals surface area contributed by atoms with Crippen LogP contribution < -0.4 is 5.32 Å². The van der Waals surface area contributed by atoms with E-state index < -0.39 is 21.0 Å². The molecule has 0 aliphatic rings. The third-order valence-corrected chi connectivity index (χ3v) is 8.07. The smallest absolute Gasteiger partial charge is 0.257 e. The molecule has 34 heavy (non-hydrogen) atoms. The quantitative estimate of drug-likeness (QED) is 0.308. The number of hydrogen-bond acceptors (Lipinski definition) is 4. The van der Waals surface area contributed by atoms with Gasteiger partial charge in [0, 0.05) is 11.3 Å². The SMILES string of the molecule is CC(C)S(=O)(=O)c1ccc(C(=O)Nc2ccc(Cl)c(-c3ncc(-c4ccccc4)[nH]3)c2)c(Cl)c1. The summed E-state index contributed by atoms with van der Waals surface area (Å²) in [6.45, 7) is 3.17. The first-order chi connectivity index (χ1) is 16.2. The zero-order valence-corrected chi connectivity index (χ0v) is 20.7. The van der Waals surface area contributed by atoms with Crippen molar-refractivity contribution >= 4 is 44.6 Å². The van der Waals surface area contributed by atoms with E-state index >= 15 is 0 Å². The molecule has 1 amide bonds. The predicted molar refractivity (Wildman–Crippen MR) is 136 cm³/mol. The number of anilines is 1. The lowest BCUT2D eigenvalue weighted by molar-refractivity contribution is 0.102. The Bertz CT molecular complexity index is 1470. The summed E-state index contributed by atoms with van der Waals surface area (Å²) in [4.78, 5) is 20.6. The maximum absolute atomic E-state index is 12.9. The van der Waals surface area contributed by atoms with Crippen LogP contribution in [0.15, 0.2) is 77.8 Å². The van der Waals surface area contributed by atoms with Gasteiger partial charge in [0.05, 0.1) is 37.6 Å². The van der Waals surface area contributed by atoms with Crippen molar-refractivity contribution in [3.8, 4) is 22.6 Å². The molecule has 4 rings (SSSR count). The third-order valence-electron chi connectivity index (χ3n) is 5.27. The van der Waals surface area contributed by atoms with E-state index in [9.17, 15) is 13.2 Å². The number of nitrogens with one attached hydrogen (secondary N) is 2. The van der Waals surface area contributed by atoms with Crippen molar-refractivity contribution in [3.63, 3.8) is 0 Å². The number of halogens is 2. The summed E-state index contributed by atoms with van der Waals surface area (Å²) < 4.78 is 24.7. The van der Waals surface area contributed by atoms with Crippen LogP contribution in [0.3, 0.4) is 0 Å². The maximum atomic E-state index is 12.9. The van der Waals surface area contributed by atoms with Crippen LogP contribution in [0.4, 0.5) is 5.69 Å². The van der Waals surface area contributed by atoms with Gasteiger partial charge in [-0.25, -0.2) is 13.4 Å². The molecule has 0 unspecified atom stereocenters. The lowest BCUT2D eigenvalue weighted by Crippen LogP contribution is -2.16. The van der Waals surface area contributed by atoms with Crippen molar-refractivity contribution in [3.05, 3.63) is 88.5 Å². The summed E-state index contributed by atoms with van der Waals surface area (Å²) in [5.41, 5.74) is 3.08. The van der Waals surface area contributed by atoms with Gasteiger partial charge in [0.15, 0.2) is 9.84 Å². The van der Waals surface area contributed by atoms with E-state index in [4.69, 9.17) is 23.2 Å². The van der Waals surface area contributed by atoms with E-state index in [2.05, 4.69) is 15.3 Å². The van der Waals surface area contributed by atoms with Gasteiger partial charge in [0.25, 0.3) is 5.91 Å². The largest absolute Gasteiger partial charge is 0.338 e. The number of sulfone groups is 1. The van der Waals surface area contributed by atoms with Gasteiger partial charge in [-0.15, -0.1) is 0 Å². The first-order valence-corrected chi connectivity index (χ1v) is 12.7. The Kier molecular flexibility index (Phi) is 6.79. The number of nitrogens with zero attached hydrogens (tertiary/aromatic N) is 1. The summed E-state index contributed by atoms with van der Waals surface area (Å²) in [5.74, 6) is 0.0809. The van der Waals surface area contributed by atoms with Crippen molar-refractivity contribution in [1.82, 2.24) is 9.97 Å². The maximum Gasteiger partial charge on any atom is 0.257 e.